The van der Waals surface area contributed by atoms with E-state index >= 15 is 0 Å². The first-order valence-electron chi connectivity index (χ1n) is 10.7. The molecule has 0 fully saturated rings. The van der Waals surface area contributed by atoms with Gasteiger partial charge in [-0.1, -0.05) is 19.9 Å². The highest BCUT2D eigenvalue weighted by molar-refractivity contribution is 6.16. The monoisotopic (exact) mass is 438 g/mol. The standard InChI is InChI=1S/C25H30N2O5/c1-6-32-21-14-16(7-12-19(21)28)23-22(20(29)13-15(2)3)24(30)25(31)27(23)18-10-8-17(9-11-18)26(4)5/h7-12,14-15,23,28,30H,6,13H2,1-5H3. The lowest BCUT2D eigenvalue weighted by atomic mass is 9.91. The molecule has 7 nitrogen and oxygen atoms in total. The highest BCUT2D eigenvalue weighted by Gasteiger charge is 2.44. The van der Waals surface area contributed by atoms with Gasteiger partial charge in [-0.25, -0.2) is 0 Å². The van der Waals surface area contributed by atoms with E-state index < -0.39 is 17.7 Å². The Labute approximate surface area is 188 Å². The molecule has 0 aromatic heterocycles. The summed E-state index contributed by atoms with van der Waals surface area (Å²) in [7, 11) is 3.83. The highest BCUT2D eigenvalue weighted by atomic mass is 16.5. The van der Waals surface area contributed by atoms with Gasteiger partial charge in [0.15, 0.2) is 23.0 Å². The molecule has 2 aromatic carbocycles. The van der Waals surface area contributed by atoms with E-state index in [1.807, 2.05) is 45.0 Å². The van der Waals surface area contributed by atoms with Crippen LogP contribution < -0.4 is 14.5 Å². The summed E-state index contributed by atoms with van der Waals surface area (Å²) < 4.78 is 5.51. The van der Waals surface area contributed by atoms with E-state index in [0.717, 1.165) is 5.69 Å². The molecule has 1 aliphatic rings. The minimum atomic E-state index is -0.834. The average Bonchev–Trinajstić information content (AvgIpc) is 3.00. The van der Waals surface area contributed by atoms with Crippen LogP contribution in [-0.2, 0) is 9.59 Å². The lowest BCUT2D eigenvalue weighted by Gasteiger charge is -2.28. The van der Waals surface area contributed by atoms with E-state index in [2.05, 4.69) is 0 Å². The number of ether oxygens (including phenoxy) is 1. The lowest BCUT2D eigenvalue weighted by molar-refractivity contribution is -0.118. The number of rotatable bonds is 8. The van der Waals surface area contributed by atoms with E-state index in [-0.39, 0.29) is 35.2 Å². The number of benzene rings is 2. The third-order valence-corrected chi connectivity index (χ3v) is 5.35. The number of hydrogen-bond acceptors (Lipinski definition) is 6. The Morgan fingerprint density at radius 1 is 1.12 bits per heavy atom. The number of aliphatic hydroxyl groups is 1. The molecule has 7 heteroatoms. The molecule has 32 heavy (non-hydrogen) atoms. The zero-order valence-corrected chi connectivity index (χ0v) is 19.1. The van der Waals surface area contributed by atoms with E-state index in [4.69, 9.17) is 4.74 Å². The smallest absolute Gasteiger partial charge is 0.294 e. The summed E-state index contributed by atoms with van der Waals surface area (Å²) in [6, 6.07) is 11.2. The minimum absolute atomic E-state index is 0.0370. The lowest BCUT2D eigenvalue weighted by Crippen LogP contribution is -2.31. The van der Waals surface area contributed by atoms with Crippen molar-refractivity contribution in [1.29, 1.82) is 0 Å². The van der Waals surface area contributed by atoms with Gasteiger partial charge in [-0.05, 0) is 54.8 Å². The van der Waals surface area contributed by atoms with Crippen LogP contribution >= 0.6 is 0 Å². The predicted octanol–water partition coefficient (Wildman–Crippen LogP) is 4.37. The van der Waals surface area contributed by atoms with Crippen LogP contribution in [0, 0.1) is 5.92 Å². The second-order valence-electron chi connectivity index (χ2n) is 8.43. The fraction of sp³-hybridized carbons (Fsp3) is 0.360. The van der Waals surface area contributed by atoms with Gasteiger partial charge in [-0.3, -0.25) is 14.5 Å². The number of aromatic hydroxyl groups is 1. The Morgan fingerprint density at radius 2 is 1.78 bits per heavy atom. The Morgan fingerprint density at radius 3 is 2.34 bits per heavy atom. The fourth-order valence-electron chi connectivity index (χ4n) is 3.84. The van der Waals surface area contributed by atoms with Gasteiger partial charge in [0.2, 0.25) is 0 Å². The van der Waals surface area contributed by atoms with Crippen molar-refractivity contribution in [3.05, 3.63) is 59.4 Å². The molecule has 2 aromatic rings. The van der Waals surface area contributed by atoms with E-state index in [1.165, 1.54) is 11.0 Å². The normalized spacial score (nSPS) is 16.1. The van der Waals surface area contributed by atoms with Gasteiger partial charge in [0.05, 0.1) is 18.2 Å². The minimum Gasteiger partial charge on any atom is -0.504 e. The van der Waals surface area contributed by atoms with Gasteiger partial charge in [-0.2, -0.15) is 0 Å². The van der Waals surface area contributed by atoms with Crippen molar-refractivity contribution < 1.29 is 24.5 Å². The Hall–Kier alpha value is -3.48. The third kappa shape index (κ3) is 4.42. The number of phenolic OH excluding ortho intramolecular Hbond substituents is 1. The summed E-state index contributed by atoms with van der Waals surface area (Å²) >= 11 is 0. The molecule has 2 N–H and O–H groups in total. The molecule has 0 spiro atoms. The number of carbonyl (C=O) groups excluding carboxylic acids is 2. The molecule has 0 bridgehead atoms. The molecule has 1 amide bonds. The number of ketones is 1. The number of amides is 1. The van der Waals surface area contributed by atoms with E-state index in [9.17, 15) is 19.8 Å². The first-order chi connectivity index (χ1) is 15.1. The first kappa shape index (κ1) is 23.2. The number of carbonyl (C=O) groups is 2. The predicted molar refractivity (Wildman–Crippen MR) is 124 cm³/mol. The van der Waals surface area contributed by atoms with Crippen molar-refractivity contribution in [2.75, 3.05) is 30.5 Å². The molecule has 1 unspecified atom stereocenters. The molecule has 1 heterocycles. The summed E-state index contributed by atoms with van der Waals surface area (Å²) in [5, 5.41) is 20.9. The van der Waals surface area contributed by atoms with Crippen molar-refractivity contribution in [1.82, 2.24) is 0 Å². The van der Waals surface area contributed by atoms with Gasteiger partial charge in [0.1, 0.15) is 0 Å². The zero-order valence-electron chi connectivity index (χ0n) is 19.1. The number of anilines is 2. The van der Waals surface area contributed by atoms with Crippen molar-refractivity contribution >= 4 is 23.1 Å². The van der Waals surface area contributed by atoms with Gasteiger partial charge in [-0.15, -0.1) is 0 Å². The van der Waals surface area contributed by atoms with Crippen molar-refractivity contribution in [3.63, 3.8) is 0 Å². The molecule has 0 saturated carbocycles. The Balaban J connectivity index is 2.15. The van der Waals surface area contributed by atoms with Gasteiger partial charge < -0.3 is 19.8 Å². The van der Waals surface area contributed by atoms with Crippen LogP contribution in [-0.4, -0.2) is 42.6 Å². The van der Waals surface area contributed by atoms with Crippen molar-refractivity contribution in [2.45, 2.75) is 33.2 Å². The van der Waals surface area contributed by atoms with Crippen LogP contribution in [0.5, 0.6) is 11.5 Å². The van der Waals surface area contributed by atoms with Gasteiger partial charge in [0, 0.05) is 31.9 Å². The number of Topliss-reactive ketones (excluding diaryl/α,β-unsaturated/α-hetero) is 1. The van der Waals surface area contributed by atoms with Gasteiger partial charge in [0.25, 0.3) is 5.91 Å². The maximum atomic E-state index is 13.2. The topological polar surface area (TPSA) is 90.3 Å². The summed E-state index contributed by atoms with van der Waals surface area (Å²) in [5.74, 6) is -1.18. The van der Waals surface area contributed by atoms with Crippen LogP contribution in [0.25, 0.3) is 0 Å². The molecular formula is C25H30N2O5. The zero-order chi connectivity index (χ0) is 23.6. The van der Waals surface area contributed by atoms with Crippen molar-refractivity contribution in [3.8, 4) is 11.5 Å². The SMILES string of the molecule is CCOc1cc(C2C(C(=O)CC(C)C)=C(O)C(=O)N2c2ccc(N(C)C)cc2)ccc1O. The molecule has 3 rings (SSSR count). The summed E-state index contributed by atoms with van der Waals surface area (Å²) in [6.45, 7) is 5.96. The van der Waals surface area contributed by atoms with Crippen LogP contribution in [0.1, 0.15) is 38.8 Å². The van der Waals surface area contributed by atoms with E-state index in [1.54, 1.807) is 31.2 Å². The Kier molecular flexibility index (Phi) is 6.77. The first-order valence-corrected chi connectivity index (χ1v) is 10.7. The maximum absolute atomic E-state index is 13.2. The molecule has 0 saturated heterocycles. The van der Waals surface area contributed by atoms with Crippen LogP contribution in [0.2, 0.25) is 0 Å². The van der Waals surface area contributed by atoms with E-state index in [0.29, 0.717) is 17.9 Å². The summed E-state index contributed by atoms with van der Waals surface area (Å²) in [5.41, 5.74) is 2.13. The molecule has 1 atom stereocenters. The average molecular weight is 439 g/mol. The molecule has 170 valence electrons. The molecule has 1 aliphatic heterocycles. The van der Waals surface area contributed by atoms with Crippen molar-refractivity contribution in [2.24, 2.45) is 5.92 Å². The number of aliphatic hydroxyl groups excluding tert-OH is 1. The Bertz CT molecular complexity index is 1040. The quantitative estimate of drug-likeness (QED) is 0.636. The highest BCUT2D eigenvalue weighted by Crippen LogP contribution is 2.43. The molecular weight excluding hydrogens is 408 g/mol. The second-order valence-corrected chi connectivity index (χ2v) is 8.43. The van der Waals surface area contributed by atoms with Crippen LogP contribution in [0.4, 0.5) is 11.4 Å². The number of phenols is 1. The fourth-order valence-corrected chi connectivity index (χ4v) is 3.84. The summed E-state index contributed by atoms with van der Waals surface area (Å²) in [6.07, 6.45) is 0.201. The van der Waals surface area contributed by atoms with Gasteiger partial charge >= 0.3 is 0 Å². The molecule has 0 radical (unpaired) electrons. The third-order valence-electron chi connectivity index (χ3n) is 5.35. The number of hydrogen-bond donors (Lipinski definition) is 2. The van der Waals surface area contributed by atoms with Crippen LogP contribution in [0.3, 0.4) is 0 Å². The number of nitrogens with zero attached hydrogens (tertiary/aromatic N) is 2. The van der Waals surface area contributed by atoms with Crippen LogP contribution in [0.15, 0.2) is 53.8 Å². The largest absolute Gasteiger partial charge is 0.504 e. The maximum Gasteiger partial charge on any atom is 0.294 e. The second kappa shape index (κ2) is 9.34. The molecule has 0 aliphatic carbocycles. The summed E-state index contributed by atoms with van der Waals surface area (Å²) in [4.78, 5) is 29.6.